The van der Waals surface area contributed by atoms with E-state index in [1.807, 2.05) is 23.6 Å². The first kappa shape index (κ1) is 19.2. The third kappa shape index (κ3) is 5.17. The lowest BCUT2D eigenvalue weighted by Crippen LogP contribution is -2.47. The summed E-state index contributed by atoms with van der Waals surface area (Å²) in [5.74, 6) is 0.372. The molecule has 2 atom stereocenters. The number of thiophene rings is 1. The van der Waals surface area contributed by atoms with Crippen molar-refractivity contribution in [3.8, 4) is 0 Å². The van der Waals surface area contributed by atoms with E-state index in [4.69, 9.17) is 4.42 Å². The highest BCUT2D eigenvalue weighted by Gasteiger charge is 2.23. The summed E-state index contributed by atoms with van der Waals surface area (Å²) in [6, 6.07) is 6.66. The Hall–Kier alpha value is -2.12. The van der Waals surface area contributed by atoms with E-state index in [9.17, 15) is 9.59 Å². The molecule has 6 nitrogen and oxygen atoms in total. The molecular formula is C18H25N3O3S. The number of carbonyl (C=O) groups is 2. The van der Waals surface area contributed by atoms with E-state index in [0.717, 1.165) is 18.8 Å². The van der Waals surface area contributed by atoms with E-state index in [0.29, 0.717) is 11.4 Å². The van der Waals surface area contributed by atoms with Gasteiger partial charge in [0.2, 0.25) is 5.91 Å². The average molecular weight is 363 g/mol. The molecule has 0 aliphatic heterocycles. The van der Waals surface area contributed by atoms with E-state index in [-0.39, 0.29) is 17.9 Å². The van der Waals surface area contributed by atoms with Gasteiger partial charge in [0.25, 0.3) is 5.91 Å². The molecule has 0 aromatic carbocycles. The van der Waals surface area contributed by atoms with Gasteiger partial charge < -0.3 is 15.1 Å². The summed E-state index contributed by atoms with van der Waals surface area (Å²) >= 11 is 1.35. The summed E-state index contributed by atoms with van der Waals surface area (Å²) in [6.07, 6.45) is 1.64. The standard InChI is InChI=1S/C18H25N3O3S/c1-4-21(5-2)14(15-8-6-10-24-15)12-19-17(22)13(3)20-18(23)16-9-7-11-25-16/h6-11,13-14H,4-5,12H2,1-3H3,(H,19,22)(H,20,23). The zero-order chi connectivity index (χ0) is 18.2. The molecule has 2 amide bonds. The predicted molar refractivity (Wildman–Crippen MR) is 98.6 cm³/mol. The number of rotatable bonds is 9. The molecule has 0 radical (unpaired) electrons. The van der Waals surface area contributed by atoms with E-state index in [1.165, 1.54) is 11.3 Å². The van der Waals surface area contributed by atoms with Crippen LogP contribution in [0.3, 0.4) is 0 Å². The van der Waals surface area contributed by atoms with Crippen LogP contribution in [0, 0.1) is 0 Å². The summed E-state index contributed by atoms with van der Waals surface area (Å²) in [6.45, 7) is 7.95. The summed E-state index contributed by atoms with van der Waals surface area (Å²) in [5.41, 5.74) is 0. The number of amides is 2. The Balaban J connectivity index is 1.92. The van der Waals surface area contributed by atoms with Crippen molar-refractivity contribution >= 4 is 23.2 Å². The van der Waals surface area contributed by atoms with Crippen molar-refractivity contribution in [1.82, 2.24) is 15.5 Å². The van der Waals surface area contributed by atoms with E-state index in [1.54, 1.807) is 19.3 Å². The van der Waals surface area contributed by atoms with Crippen LogP contribution >= 0.6 is 11.3 Å². The van der Waals surface area contributed by atoms with E-state index in [2.05, 4.69) is 29.4 Å². The number of nitrogens with zero attached hydrogens (tertiary/aromatic N) is 1. The molecule has 0 saturated carbocycles. The zero-order valence-electron chi connectivity index (χ0n) is 14.8. The van der Waals surface area contributed by atoms with Crippen molar-refractivity contribution in [2.45, 2.75) is 32.9 Å². The van der Waals surface area contributed by atoms with Crippen LogP contribution in [-0.2, 0) is 4.79 Å². The van der Waals surface area contributed by atoms with Crippen molar-refractivity contribution in [3.63, 3.8) is 0 Å². The van der Waals surface area contributed by atoms with Gasteiger partial charge in [-0.15, -0.1) is 11.3 Å². The van der Waals surface area contributed by atoms with Crippen LogP contribution in [0.2, 0.25) is 0 Å². The van der Waals surface area contributed by atoms with Crippen molar-refractivity contribution in [3.05, 3.63) is 46.5 Å². The van der Waals surface area contributed by atoms with E-state index < -0.39 is 6.04 Å². The first-order valence-corrected chi connectivity index (χ1v) is 9.34. The molecule has 0 saturated heterocycles. The smallest absolute Gasteiger partial charge is 0.261 e. The Bertz CT molecular complexity index is 651. The monoisotopic (exact) mass is 363 g/mol. The second kappa shape index (κ2) is 9.39. The summed E-state index contributed by atoms with van der Waals surface area (Å²) in [4.78, 5) is 27.2. The van der Waals surface area contributed by atoms with Gasteiger partial charge in [0.1, 0.15) is 11.8 Å². The minimum absolute atomic E-state index is 0.0332. The van der Waals surface area contributed by atoms with Crippen molar-refractivity contribution in [2.75, 3.05) is 19.6 Å². The fourth-order valence-corrected chi connectivity index (χ4v) is 3.27. The van der Waals surface area contributed by atoms with Gasteiger partial charge in [-0.1, -0.05) is 19.9 Å². The number of hydrogen-bond acceptors (Lipinski definition) is 5. The highest BCUT2D eigenvalue weighted by Crippen LogP contribution is 2.20. The van der Waals surface area contributed by atoms with Crippen molar-refractivity contribution in [2.24, 2.45) is 0 Å². The molecule has 2 aromatic rings. The van der Waals surface area contributed by atoms with Gasteiger partial charge in [-0.05, 0) is 43.6 Å². The molecule has 0 bridgehead atoms. The van der Waals surface area contributed by atoms with Gasteiger partial charge in [0, 0.05) is 6.54 Å². The second-order valence-electron chi connectivity index (χ2n) is 5.67. The van der Waals surface area contributed by atoms with Crippen LogP contribution < -0.4 is 10.6 Å². The first-order chi connectivity index (χ1) is 12.1. The van der Waals surface area contributed by atoms with Crippen LogP contribution in [0.25, 0.3) is 0 Å². The normalized spacial score (nSPS) is 13.4. The Morgan fingerprint density at radius 3 is 2.56 bits per heavy atom. The van der Waals surface area contributed by atoms with Crippen LogP contribution in [0.4, 0.5) is 0 Å². The Morgan fingerprint density at radius 1 is 1.24 bits per heavy atom. The Labute approximate surface area is 152 Å². The quantitative estimate of drug-likeness (QED) is 0.718. The van der Waals surface area contributed by atoms with Crippen LogP contribution in [0.5, 0.6) is 0 Å². The fourth-order valence-electron chi connectivity index (χ4n) is 2.65. The molecular weight excluding hydrogens is 338 g/mol. The van der Waals surface area contributed by atoms with Crippen molar-refractivity contribution < 1.29 is 14.0 Å². The molecule has 0 spiro atoms. The summed E-state index contributed by atoms with van der Waals surface area (Å²) < 4.78 is 5.53. The highest BCUT2D eigenvalue weighted by molar-refractivity contribution is 7.12. The molecule has 2 rings (SSSR count). The molecule has 0 fully saturated rings. The lowest BCUT2D eigenvalue weighted by Gasteiger charge is -2.28. The number of carbonyl (C=O) groups excluding carboxylic acids is 2. The average Bonchev–Trinajstić information content (AvgIpc) is 3.31. The van der Waals surface area contributed by atoms with Crippen LogP contribution in [0.15, 0.2) is 40.3 Å². The van der Waals surface area contributed by atoms with Crippen LogP contribution in [0.1, 0.15) is 42.2 Å². The fraction of sp³-hybridized carbons (Fsp3) is 0.444. The molecule has 0 aliphatic rings. The third-order valence-corrected chi connectivity index (χ3v) is 4.95. The topological polar surface area (TPSA) is 74.6 Å². The Kier molecular flexibility index (Phi) is 7.21. The summed E-state index contributed by atoms with van der Waals surface area (Å²) in [5, 5.41) is 7.47. The number of nitrogens with one attached hydrogen (secondary N) is 2. The zero-order valence-corrected chi connectivity index (χ0v) is 15.6. The van der Waals surface area contributed by atoms with Gasteiger partial charge >= 0.3 is 0 Å². The molecule has 25 heavy (non-hydrogen) atoms. The van der Waals surface area contributed by atoms with Gasteiger partial charge in [-0.2, -0.15) is 0 Å². The largest absolute Gasteiger partial charge is 0.468 e. The first-order valence-electron chi connectivity index (χ1n) is 8.46. The predicted octanol–water partition coefficient (Wildman–Crippen LogP) is 2.66. The molecule has 2 heterocycles. The highest BCUT2D eigenvalue weighted by atomic mass is 32.1. The van der Waals surface area contributed by atoms with Crippen LogP contribution in [-0.4, -0.2) is 42.4 Å². The minimum atomic E-state index is -0.608. The SMILES string of the molecule is CCN(CC)C(CNC(=O)C(C)NC(=O)c1cccs1)c1ccco1. The van der Waals surface area contributed by atoms with Gasteiger partial charge in [-0.3, -0.25) is 14.5 Å². The summed E-state index contributed by atoms with van der Waals surface area (Å²) in [7, 11) is 0. The number of likely N-dealkylation sites (N-methyl/N-ethyl adjacent to an activating group) is 1. The van der Waals surface area contributed by atoms with Gasteiger partial charge in [0.05, 0.1) is 17.2 Å². The van der Waals surface area contributed by atoms with E-state index >= 15 is 0 Å². The molecule has 136 valence electrons. The molecule has 0 aliphatic carbocycles. The Morgan fingerprint density at radius 2 is 2.00 bits per heavy atom. The minimum Gasteiger partial charge on any atom is -0.468 e. The molecule has 7 heteroatoms. The lowest BCUT2D eigenvalue weighted by atomic mass is 10.1. The third-order valence-electron chi connectivity index (χ3n) is 4.08. The molecule has 2 aromatic heterocycles. The second-order valence-corrected chi connectivity index (χ2v) is 6.62. The lowest BCUT2D eigenvalue weighted by molar-refractivity contribution is -0.122. The number of furan rings is 1. The number of hydrogen-bond donors (Lipinski definition) is 2. The molecule has 2 N–H and O–H groups in total. The molecule has 2 unspecified atom stereocenters. The van der Waals surface area contributed by atoms with Crippen molar-refractivity contribution in [1.29, 1.82) is 0 Å². The van der Waals surface area contributed by atoms with Gasteiger partial charge in [0.15, 0.2) is 0 Å². The maximum Gasteiger partial charge on any atom is 0.261 e. The maximum absolute atomic E-state index is 12.3. The maximum atomic E-state index is 12.3. The van der Waals surface area contributed by atoms with Gasteiger partial charge in [-0.25, -0.2) is 0 Å².